The SMILES string of the molecule is Cc1coc2cc(C3(CC(=O)O)CC3)ccc12. The normalized spacial score (nSPS) is 17.2. The van der Waals surface area contributed by atoms with Gasteiger partial charge in [-0.05, 0) is 37.0 Å². The van der Waals surface area contributed by atoms with Crippen molar-refractivity contribution >= 4 is 16.9 Å². The molecule has 3 heteroatoms. The molecule has 3 nitrogen and oxygen atoms in total. The van der Waals surface area contributed by atoms with Gasteiger partial charge in [0.05, 0.1) is 12.7 Å². The minimum atomic E-state index is -0.724. The number of carbonyl (C=O) groups is 1. The topological polar surface area (TPSA) is 50.4 Å². The summed E-state index contributed by atoms with van der Waals surface area (Å²) in [5.41, 5.74) is 2.94. The number of carboxylic acid groups (broad SMARTS) is 1. The van der Waals surface area contributed by atoms with Crippen LogP contribution in [0.1, 0.15) is 30.4 Å². The van der Waals surface area contributed by atoms with E-state index < -0.39 is 5.97 Å². The van der Waals surface area contributed by atoms with E-state index in [-0.39, 0.29) is 11.8 Å². The van der Waals surface area contributed by atoms with E-state index >= 15 is 0 Å². The van der Waals surface area contributed by atoms with Gasteiger partial charge in [-0.15, -0.1) is 0 Å². The monoisotopic (exact) mass is 230 g/mol. The van der Waals surface area contributed by atoms with Crippen LogP contribution < -0.4 is 0 Å². The second-order valence-electron chi connectivity index (χ2n) is 4.98. The van der Waals surface area contributed by atoms with Crippen LogP contribution in [0.2, 0.25) is 0 Å². The lowest BCUT2D eigenvalue weighted by Crippen LogP contribution is -2.12. The summed E-state index contributed by atoms with van der Waals surface area (Å²) in [4.78, 5) is 10.9. The van der Waals surface area contributed by atoms with Gasteiger partial charge in [0.1, 0.15) is 5.58 Å². The summed E-state index contributed by atoms with van der Waals surface area (Å²) in [5.74, 6) is -0.724. The van der Waals surface area contributed by atoms with Crippen molar-refractivity contribution in [2.45, 2.75) is 31.6 Å². The molecule has 0 amide bonds. The highest BCUT2D eigenvalue weighted by Crippen LogP contribution is 2.51. The first-order valence-electron chi connectivity index (χ1n) is 5.81. The maximum absolute atomic E-state index is 10.9. The summed E-state index contributed by atoms with van der Waals surface area (Å²) < 4.78 is 5.47. The van der Waals surface area contributed by atoms with Crippen molar-refractivity contribution in [3.05, 3.63) is 35.6 Å². The van der Waals surface area contributed by atoms with Crippen LogP contribution in [-0.2, 0) is 10.2 Å². The van der Waals surface area contributed by atoms with Gasteiger partial charge < -0.3 is 9.52 Å². The fourth-order valence-electron chi connectivity index (χ4n) is 2.50. The highest BCUT2D eigenvalue weighted by Gasteiger charge is 2.46. The van der Waals surface area contributed by atoms with Crippen LogP contribution in [0.5, 0.6) is 0 Å². The zero-order valence-electron chi connectivity index (χ0n) is 9.69. The molecule has 1 aliphatic rings. The first-order valence-corrected chi connectivity index (χ1v) is 5.81. The molecule has 1 saturated carbocycles. The summed E-state index contributed by atoms with van der Waals surface area (Å²) in [6.07, 6.45) is 3.89. The fraction of sp³-hybridized carbons (Fsp3) is 0.357. The number of hydrogen-bond acceptors (Lipinski definition) is 2. The van der Waals surface area contributed by atoms with Gasteiger partial charge in [0.25, 0.3) is 0 Å². The second-order valence-corrected chi connectivity index (χ2v) is 4.98. The molecule has 1 N–H and O–H groups in total. The molecule has 0 spiro atoms. The number of carboxylic acids is 1. The molecule has 1 aromatic heterocycles. The first kappa shape index (κ1) is 10.4. The van der Waals surface area contributed by atoms with E-state index in [0.717, 1.165) is 34.9 Å². The van der Waals surface area contributed by atoms with E-state index in [0.29, 0.717) is 0 Å². The standard InChI is InChI=1S/C14H14O3/c1-9-8-17-12-6-10(2-3-11(9)12)14(4-5-14)7-13(15)16/h2-3,6,8H,4-5,7H2,1H3,(H,15,16). The molecule has 0 unspecified atom stereocenters. The summed E-state index contributed by atoms with van der Waals surface area (Å²) in [5, 5.41) is 10.1. The zero-order valence-corrected chi connectivity index (χ0v) is 9.69. The van der Waals surface area contributed by atoms with Gasteiger partial charge in [0.15, 0.2) is 0 Å². The van der Waals surface area contributed by atoms with E-state index in [9.17, 15) is 4.79 Å². The molecule has 1 heterocycles. The van der Waals surface area contributed by atoms with E-state index in [1.807, 2.05) is 25.1 Å². The van der Waals surface area contributed by atoms with E-state index in [4.69, 9.17) is 9.52 Å². The van der Waals surface area contributed by atoms with Crippen LogP contribution in [0, 0.1) is 6.92 Å². The van der Waals surface area contributed by atoms with E-state index in [2.05, 4.69) is 0 Å². The van der Waals surface area contributed by atoms with Gasteiger partial charge in [-0.3, -0.25) is 4.79 Å². The molecule has 3 rings (SSSR count). The van der Waals surface area contributed by atoms with Crippen molar-refractivity contribution < 1.29 is 14.3 Å². The average Bonchev–Trinajstić information content (AvgIpc) is 2.96. The van der Waals surface area contributed by atoms with Crippen LogP contribution in [0.3, 0.4) is 0 Å². The Balaban J connectivity index is 2.03. The minimum Gasteiger partial charge on any atom is -0.481 e. The molecular weight excluding hydrogens is 216 g/mol. The van der Waals surface area contributed by atoms with E-state index in [1.165, 1.54) is 0 Å². The van der Waals surface area contributed by atoms with Crippen LogP contribution in [0.15, 0.2) is 28.9 Å². The first-order chi connectivity index (χ1) is 8.11. The zero-order chi connectivity index (χ0) is 12.0. The minimum absolute atomic E-state index is 0.138. The van der Waals surface area contributed by atoms with Crippen LogP contribution in [0.4, 0.5) is 0 Å². The lowest BCUT2D eigenvalue weighted by atomic mass is 9.92. The number of benzene rings is 1. The number of rotatable bonds is 3. The van der Waals surface area contributed by atoms with Gasteiger partial charge in [-0.2, -0.15) is 0 Å². The molecular formula is C14H14O3. The molecule has 0 bridgehead atoms. The van der Waals surface area contributed by atoms with E-state index in [1.54, 1.807) is 6.26 Å². The van der Waals surface area contributed by atoms with Gasteiger partial charge in [-0.25, -0.2) is 0 Å². The van der Waals surface area contributed by atoms with Crippen molar-refractivity contribution in [3.8, 4) is 0 Å². The maximum atomic E-state index is 10.9. The Labute approximate surface area is 99.0 Å². The molecule has 1 aromatic carbocycles. The molecule has 2 aromatic rings. The smallest absolute Gasteiger partial charge is 0.304 e. The predicted octanol–water partition coefficient (Wildman–Crippen LogP) is 3.25. The van der Waals surface area contributed by atoms with Crippen LogP contribution in [0.25, 0.3) is 11.0 Å². The molecule has 1 fully saturated rings. The van der Waals surface area contributed by atoms with Crippen molar-refractivity contribution in [2.24, 2.45) is 0 Å². The Hall–Kier alpha value is -1.77. The summed E-state index contributed by atoms with van der Waals surface area (Å²) in [7, 11) is 0. The number of hydrogen-bond donors (Lipinski definition) is 1. The average molecular weight is 230 g/mol. The quantitative estimate of drug-likeness (QED) is 0.880. The maximum Gasteiger partial charge on any atom is 0.304 e. The molecule has 0 saturated heterocycles. The third-order valence-electron chi connectivity index (χ3n) is 3.72. The van der Waals surface area contributed by atoms with Gasteiger partial charge in [-0.1, -0.05) is 12.1 Å². The third-order valence-corrected chi connectivity index (χ3v) is 3.72. The van der Waals surface area contributed by atoms with Gasteiger partial charge in [0, 0.05) is 10.8 Å². The summed E-state index contributed by atoms with van der Waals surface area (Å²) >= 11 is 0. The summed E-state index contributed by atoms with van der Waals surface area (Å²) in [6.45, 7) is 2.01. The summed E-state index contributed by atoms with van der Waals surface area (Å²) in [6, 6.07) is 6.07. The Morgan fingerprint density at radius 1 is 1.47 bits per heavy atom. The largest absolute Gasteiger partial charge is 0.481 e. The second kappa shape index (κ2) is 3.36. The molecule has 0 atom stereocenters. The Morgan fingerprint density at radius 3 is 2.88 bits per heavy atom. The predicted molar refractivity (Wildman–Crippen MR) is 64.1 cm³/mol. The highest BCUT2D eigenvalue weighted by atomic mass is 16.4. The van der Waals surface area contributed by atoms with Crippen LogP contribution >= 0.6 is 0 Å². The number of aryl methyl sites for hydroxylation is 1. The lowest BCUT2D eigenvalue weighted by Gasteiger charge is -2.12. The van der Waals surface area contributed by atoms with Crippen molar-refractivity contribution in [1.82, 2.24) is 0 Å². The molecule has 1 aliphatic carbocycles. The molecule has 88 valence electrons. The van der Waals surface area contributed by atoms with Crippen molar-refractivity contribution in [3.63, 3.8) is 0 Å². The number of fused-ring (bicyclic) bond motifs is 1. The van der Waals surface area contributed by atoms with Crippen molar-refractivity contribution in [1.29, 1.82) is 0 Å². The fourth-order valence-corrected chi connectivity index (χ4v) is 2.50. The van der Waals surface area contributed by atoms with Crippen molar-refractivity contribution in [2.75, 3.05) is 0 Å². The van der Waals surface area contributed by atoms with Crippen LogP contribution in [-0.4, -0.2) is 11.1 Å². The Kier molecular flexibility index (Phi) is 2.05. The number of aliphatic carboxylic acids is 1. The molecule has 17 heavy (non-hydrogen) atoms. The number of furan rings is 1. The Bertz CT molecular complexity index is 591. The molecule has 0 radical (unpaired) electrons. The Morgan fingerprint density at radius 2 is 2.24 bits per heavy atom. The van der Waals surface area contributed by atoms with Gasteiger partial charge in [0.2, 0.25) is 0 Å². The molecule has 0 aliphatic heterocycles. The lowest BCUT2D eigenvalue weighted by molar-refractivity contribution is -0.137. The third kappa shape index (κ3) is 1.62. The highest BCUT2D eigenvalue weighted by molar-refractivity contribution is 5.82. The van der Waals surface area contributed by atoms with Gasteiger partial charge >= 0.3 is 5.97 Å².